The van der Waals surface area contributed by atoms with Crippen LogP contribution in [0.4, 0.5) is 10.1 Å². The van der Waals surface area contributed by atoms with Crippen molar-refractivity contribution in [2.75, 3.05) is 25.6 Å². The predicted molar refractivity (Wildman–Crippen MR) is 57.9 cm³/mol. The fourth-order valence-corrected chi connectivity index (χ4v) is 1.07. The van der Waals surface area contributed by atoms with Crippen molar-refractivity contribution in [3.63, 3.8) is 0 Å². The highest BCUT2D eigenvalue weighted by Gasteiger charge is 2.07. The Hall–Kier alpha value is -1.95. The van der Waals surface area contributed by atoms with Crippen LogP contribution in [0.3, 0.4) is 0 Å². The van der Waals surface area contributed by atoms with E-state index in [0.29, 0.717) is 5.69 Å². The fourth-order valence-electron chi connectivity index (χ4n) is 1.07. The highest BCUT2D eigenvalue weighted by atomic mass is 19.1. The quantitative estimate of drug-likeness (QED) is 0.779. The van der Waals surface area contributed by atoms with E-state index in [-0.39, 0.29) is 6.61 Å². The third kappa shape index (κ3) is 5.07. The molecule has 0 fully saturated rings. The first-order valence-corrected chi connectivity index (χ1v) is 4.82. The molecule has 0 radical (unpaired) electrons. The SMILES string of the molecule is COCC(=O)OCC(=O)Nc1cccc(F)c1. The average molecular weight is 241 g/mol. The molecule has 0 spiro atoms. The largest absolute Gasteiger partial charge is 0.454 e. The molecule has 1 rings (SSSR count). The Bertz CT molecular complexity index is 408. The molecule has 0 atom stereocenters. The van der Waals surface area contributed by atoms with Crippen molar-refractivity contribution in [1.82, 2.24) is 0 Å². The van der Waals surface area contributed by atoms with Gasteiger partial charge < -0.3 is 14.8 Å². The Morgan fingerprint density at radius 1 is 1.35 bits per heavy atom. The molecule has 0 heterocycles. The number of rotatable bonds is 5. The number of carbonyl (C=O) groups is 2. The molecular weight excluding hydrogens is 229 g/mol. The zero-order valence-corrected chi connectivity index (χ0v) is 9.23. The Balaban J connectivity index is 2.37. The van der Waals surface area contributed by atoms with Crippen molar-refractivity contribution in [2.24, 2.45) is 0 Å². The summed E-state index contributed by atoms with van der Waals surface area (Å²) in [5, 5.41) is 2.38. The van der Waals surface area contributed by atoms with Crippen molar-refractivity contribution in [3.8, 4) is 0 Å². The Labute approximate surface area is 97.5 Å². The monoisotopic (exact) mass is 241 g/mol. The smallest absolute Gasteiger partial charge is 0.332 e. The average Bonchev–Trinajstić information content (AvgIpc) is 2.27. The van der Waals surface area contributed by atoms with Gasteiger partial charge in [-0.1, -0.05) is 6.07 Å². The highest BCUT2D eigenvalue weighted by Crippen LogP contribution is 2.08. The van der Waals surface area contributed by atoms with Gasteiger partial charge in [-0.3, -0.25) is 4.79 Å². The topological polar surface area (TPSA) is 64.6 Å². The summed E-state index contributed by atoms with van der Waals surface area (Å²) in [6.07, 6.45) is 0. The van der Waals surface area contributed by atoms with Gasteiger partial charge in [-0.15, -0.1) is 0 Å². The number of methoxy groups -OCH3 is 1. The first-order valence-electron chi connectivity index (χ1n) is 4.82. The minimum absolute atomic E-state index is 0.215. The van der Waals surface area contributed by atoms with Gasteiger partial charge in [0.1, 0.15) is 12.4 Å². The Morgan fingerprint density at radius 3 is 2.76 bits per heavy atom. The lowest BCUT2D eigenvalue weighted by Crippen LogP contribution is -2.22. The second-order valence-electron chi connectivity index (χ2n) is 3.15. The number of esters is 1. The summed E-state index contributed by atoms with van der Waals surface area (Å²) >= 11 is 0. The van der Waals surface area contributed by atoms with Crippen molar-refractivity contribution in [1.29, 1.82) is 0 Å². The molecule has 0 saturated carbocycles. The van der Waals surface area contributed by atoms with Crippen LogP contribution in [0.15, 0.2) is 24.3 Å². The first-order chi connectivity index (χ1) is 8.11. The maximum absolute atomic E-state index is 12.8. The standard InChI is InChI=1S/C11H12FNO4/c1-16-7-11(15)17-6-10(14)13-9-4-2-3-8(12)5-9/h2-5H,6-7H2,1H3,(H,13,14). The van der Waals surface area contributed by atoms with Crippen LogP contribution in [0.5, 0.6) is 0 Å². The van der Waals surface area contributed by atoms with Gasteiger partial charge in [0.25, 0.3) is 5.91 Å². The summed E-state index contributed by atoms with van der Waals surface area (Å²) in [4.78, 5) is 22.1. The van der Waals surface area contributed by atoms with E-state index in [0.717, 1.165) is 6.07 Å². The lowest BCUT2D eigenvalue weighted by atomic mass is 10.3. The lowest BCUT2D eigenvalue weighted by molar-refractivity contribution is -0.150. The molecular formula is C11H12FNO4. The molecule has 0 aliphatic heterocycles. The number of carbonyl (C=O) groups excluding carboxylic acids is 2. The second kappa shape index (κ2) is 6.59. The molecule has 1 aromatic rings. The third-order valence-electron chi connectivity index (χ3n) is 1.73. The molecule has 1 amide bonds. The van der Waals surface area contributed by atoms with Crippen LogP contribution in [0.2, 0.25) is 0 Å². The zero-order chi connectivity index (χ0) is 12.7. The van der Waals surface area contributed by atoms with Crippen LogP contribution in [0.1, 0.15) is 0 Å². The summed E-state index contributed by atoms with van der Waals surface area (Å²) in [6, 6.07) is 5.41. The minimum atomic E-state index is -0.637. The maximum Gasteiger partial charge on any atom is 0.332 e. The summed E-state index contributed by atoms with van der Waals surface area (Å²) in [7, 11) is 1.34. The Kier molecular flexibility index (Phi) is 5.09. The van der Waals surface area contributed by atoms with Crippen LogP contribution in [0, 0.1) is 5.82 Å². The summed E-state index contributed by atoms with van der Waals surface area (Å²) in [5.74, 6) is -1.64. The van der Waals surface area contributed by atoms with E-state index in [4.69, 9.17) is 0 Å². The zero-order valence-electron chi connectivity index (χ0n) is 9.23. The normalized spacial score (nSPS) is 9.76. The van der Waals surface area contributed by atoms with Crippen molar-refractivity contribution in [2.45, 2.75) is 0 Å². The molecule has 0 aliphatic carbocycles. The molecule has 92 valence electrons. The summed E-state index contributed by atoms with van der Waals surface area (Å²) < 4.78 is 21.9. The van der Waals surface area contributed by atoms with E-state index >= 15 is 0 Å². The van der Waals surface area contributed by atoms with Crippen molar-refractivity contribution >= 4 is 17.6 Å². The highest BCUT2D eigenvalue weighted by molar-refractivity contribution is 5.92. The number of hydrogen-bond acceptors (Lipinski definition) is 4. The molecule has 1 N–H and O–H groups in total. The van der Waals surface area contributed by atoms with Crippen LogP contribution in [-0.4, -0.2) is 32.2 Å². The van der Waals surface area contributed by atoms with E-state index in [2.05, 4.69) is 14.8 Å². The van der Waals surface area contributed by atoms with E-state index in [1.54, 1.807) is 0 Å². The number of nitrogens with one attached hydrogen (secondary N) is 1. The van der Waals surface area contributed by atoms with E-state index < -0.39 is 24.3 Å². The molecule has 1 aromatic carbocycles. The number of hydrogen-bond donors (Lipinski definition) is 1. The molecule has 6 heteroatoms. The number of halogens is 1. The van der Waals surface area contributed by atoms with E-state index in [1.807, 2.05) is 0 Å². The molecule has 0 aromatic heterocycles. The molecule has 0 unspecified atom stereocenters. The number of ether oxygens (including phenoxy) is 2. The number of anilines is 1. The fraction of sp³-hybridized carbons (Fsp3) is 0.273. The summed E-state index contributed by atoms with van der Waals surface area (Å²) in [5.41, 5.74) is 0.304. The molecule has 5 nitrogen and oxygen atoms in total. The van der Waals surface area contributed by atoms with Gasteiger partial charge in [0.15, 0.2) is 6.61 Å². The molecule has 17 heavy (non-hydrogen) atoms. The van der Waals surface area contributed by atoms with Crippen LogP contribution in [0.25, 0.3) is 0 Å². The van der Waals surface area contributed by atoms with Crippen molar-refractivity contribution < 1.29 is 23.5 Å². The van der Waals surface area contributed by atoms with Crippen LogP contribution >= 0.6 is 0 Å². The van der Waals surface area contributed by atoms with Gasteiger partial charge in [-0.25, -0.2) is 9.18 Å². The second-order valence-corrected chi connectivity index (χ2v) is 3.15. The van der Waals surface area contributed by atoms with Crippen LogP contribution in [-0.2, 0) is 19.1 Å². The Morgan fingerprint density at radius 2 is 2.12 bits per heavy atom. The number of amides is 1. The van der Waals surface area contributed by atoms with E-state index in [1.165, 1.54) is 25.3 Å². The molecule has 0 bridgehead atoms. The van der Waals surface area contributed by atoms with Crippen LogP contribution < -0.4 is 5.32 Å². The maximum atomic E-state index is 12.8. The first kappa shape index (κ1) is 13.1. The minimum Gasteiger partial charge on any atom is -0.454 e. The summed E-state index contributed by atoms with van der Waals surface area (Å²) in [6.45, 7) is -0.647. The van der Waals surface area contributed by atoms with Gasteiger partial charge in [0.2, 0.25) is 0 Å². The molecule has 0 saturated heterocycles. The predicted octanol–water partition coefficient (Wildman–Crippen LogP) is 0.954. The third-order valence-corrected chi connectivity index (χ3v) is 1.73. The molecule has 0 aliphatic rings. The van der Waals surface area contributed by atoms with Crippen molar-refractivity contribution in [3.05, 3.63) is 30.1 Å². The van der Waals surface area contributed by atoms with Gasteiger partial charge in [-0.2, -0.15) is 0 Å². The lowest BCUT2D eigenvalue weighted by Gasteiger charge is -2.06. The van der Waals surface area contributed by atoms with E-state index in [9.17, 15) is 14.0 Å². The number of benzene rings is 1. The van der Waals surface area contributed by atoms with Gasteiger partial charge in [0, 0.05) is 12.8 Å². The van der Waals surface area contributed by atoms with Gasteiger partial charge in [0.05, 0.1) is 0 Å². The van der Waals surface area contributed by atoms with Gasteiger partial charge in [-0.05, 0) is 18.2 Å². The van der Waals surface area contributed by atoms with Gasteiger partial charge >= 0.3 is 5.97 Å².